The molecule has 5 nitrogen and oxygen atoms in total. The highest BCUT2D eigenvalue weighted by atomic mass is 32.1. The lowest BCUT2D eigenvalue weighted by atomic mass is 10.1. The number of carbonyl (C=O) groups is 1. The minimum absolute atomic E-state index is 0.330. The normalized spacial score (nSPS) is 21.4. The summed E-state index contributed by atoms with van der Waals surface area (Å²) in [6, 6.07) is 0.376. The first-order chi connectivity index (χ1) is 8.06. The summed E-state index contributed by atoms with van der Waals surface area (Å²) < 4.78 is 0. The SMILES string of the molecule is Cc1nc(NC2CCCN(C)C2)sc1C(=O)O. The van der Waals surface area contributed by atoms with Crippen molar-refractivity contribution < 1.29 is 9.90 Å². The molecule has 1 aliphatic heterocycles. The fraction of sp³-hybridized carbons (Fsp3) is 0.636. The molecule has 0 bridgehead atoms. The molecule has 1 fully saturated rings. The number of piperidine rings is 1. The molecule has 1 atom stereocenters. The van der Waals surface area contributed by atoms with Crippen molar-refractivity contribution >= 4 is 22.4 Å². The van der Waals surface area contributed by atoms with Crippen LogP contribution in [0.25, 0.3) is 0 Å². The van der Waals surface area contributed by atoms with Crippen LogP contribution in [0.3, 0.4) is 0 Å². The zero-order valence-corrected chi connectivity index (χ0v) is 10.9. The fourth-order valence-electron chi connectivity index (χ4n) is 2.12. The number of rotatable bonds is 3. The summed E-state index contributed by atoms with van der Waals surface area (Å²) in [7, 11) is 2.10. The lowest BCUT2D eigenvalue weighted by molar-refractivity contribution is 0.0701. The molecule has 1 aromatic heterocycles. The van der Waals surface area contributed by atoms with Crippen LogP contribution in [-0.4, -0.2) is 47.1 Å². The first-order valence-corrected chi connectivity index (χ1v) is 6.53. The number of thiazole rings is 1. The van der Waals surface area contributed by atoms with Gasteiger partial charge in [0.2, 0.25) is 0 Å². The van der Waals surface area contributed by atoms with E-state index in [1.54, 1.807) is 6.92 Å². The van der Waals surface area contributed by atoms with Gasteiger partial charge in [0.1, 0.15) is 4.88 Å². The Kier molecular flexibility index (Phi) is 3.63. The van der Waals surface area contributed by atoms with E-state index in [4.69, 9.17) is 5.11 Å². The van der Waals surface area contributed by atoms with E-state index < -0.39 is 5.97 Å². The number of aromatic carboxylic acids is 1. The number of aromatic nitrogens is 1. The minimum Gasteiger partial charge on any atom is -0.477 e. The summed E-state index contributed by atoms with van der Waals surface area (Å²) >= 11 is 1.22. The largest absolute Gasteiger partial charge is 0.477 e. The Morgan fingerprint density at radius 1 is 1.65 bits per heavy atom. The van der Waals surface area contributed by atoms with Crippen LogP contribution in [0.4, 0.5) is 5.13 Å². The number of nitrogens with zero attached hydrogens (tertiary/aromatic N) is 2. The first kappa shape index (κ1) is 12.3. The van der Waals surface area contributed by atoms with Gasteiger partial charge in [0.05, 0.1) is 5.69 Å². The predicted molar refractivity (Wildman–Crippen MR) is 68.0 cm³/mol. The summed E-state index contributed by atoms with van der Waals surface area (Å²) in [5.74, 6) is -0.895. The van der Waals surface area contributed by atoms with Crippen LogP contribution in [0.15, 0.2) is 0 Å². The molecule has 2 rings (SSSR count). The van der Waals surface area contributed by atoms with Gasteiger partial charge in [0, 0.05) is 12.6 Å². The predicted octanol–water partition coefficient (Wildman–Crippen LogP) is 1.66. The Balaban J connectivity index is 2.03. The van der Waals surface area contributed by atoms with Gasteiger partial charge >= 0.3 is 5.97 Å². The average molecular weight is 255 g/mol. The zero-order valence-electron chi connectivity index (χ0n) is 10.1. The van der Waals surface area contributed by atoms with E-state index in [0.717, 1.165) is 24.6 Å². The maximum absolute atomic E-state index is 10.9. The summed E-state index contributed by atoms with van der Waals surface area (Å²) in [4.78, 5) is 17.8. The Morgan fingerprint density at radius 2 is 2.41 bits per heavy atom. The lowest BCUT2D eigenvalue weighted by Crippen LogP contribution is -2.39. The summed E-state index contributed by atoms with van der Waals surface area (Å²) in [5, 5.41) is 13.0. The second-order valence-corrected chi connectivity index (χ2v) is 5.48. The summed E-state index contributed by atoms with van der Waals surface area (Å²) in [5.41, 5.74) is 0.592. The number of carboxylic acid groups (broad SMARTS) is 1. The number of likely N-dealkylation sites (tertiary alicyclic amines) is 1. The molecule has 1 aromatic rings. The molecular weight excluding hydrogens is 238 g/mol. The number of carboxylic acids is 1. The monoisotopic (exact) mass is 255 g/mol. The van der Waals surface area contributed by atoms with Gasteiger partial charge < -0.3 is 15.3 Å². The molecule has 17 heavy (non-hydrogen) atoms. The number of anilines is 1. The van der Waals surface area contributed by atoms with Gasteiger partial charge in [-0.15, -0.1) is 0 Å². The zero-order chi connectivity index (χ0) is 12.4. The van der Waals surface area contributed by atoms with Gasteiger partial charge in [-0.1, -0.05) is 11.3 Å². The molecule has 0 amide bonds. The number of hydrogen-bond acceptors (Lipinski definition) is 5. The van der Waals surface area contributed by atoms with Crippen LogP contribution in [0.2, 0.25) is 0 Å². The molecule has 1 saturated heterocycles. The third-order valence-corrected chi connectivity index (χ3v) is 4.02. The van der Waals surface area contributed by atoms with Gasteiger partial charge in [-0.2, -0.15) is 0 Å². The van der Waals surface area contributed by atoms with Crippen molar-refractivity contribution in [2.45, 2.75) is 25.8 Å². The molecular formula is C11H17N3O2S. The number of nitrogens with one attached hydrogen (secondary N) is 1. The quantitative estimate of drug-likeness (QED) is 0.860. The van der Waals surface area contributed by atoms with Gasteiger partial charge in [0.15, 0.2) is 5.13 Å². The average Bonchev–Trinajstić information content (AvgIpc) is 2.59. The maximum atomic E-state index is 10.9. The van der Waals surface area contributed by atoms with Crippen molar-refractivity contribution in [2.24, 2.45) is 0 Å². The van der Waals surface area contributed by atoms with E-state index in [0.29, 0.717) is 16.6 Å². The Labute approximate surface area is 104 Å². The van der Waals surface area contributed by atoms with Crippen molar-refractivity contribution in [2.75, 3.05) is 25.5 Å². The van der Waals surface area contributed by atoms with Crippen molar-refractivity contribution in [3.63, 3.8) is 0 Å². The van der Waals surface area contributed by atoms with E-state index in [-0.39, 0.29) is 0 Å². The van der Waals surface area contributed by atoms with Crippen molar-refractivity contribution in [1.29, 1.82) is 0 Å². The van der Waals surface area contributed by atoms with Crippen LogP contribution in [0, 0.1) is 6.92 Å². The van der Waals surface area contributed by atoms with E-state index in [1.807, 2.05) is 0 Å². The Bertz CT molecular complexity index is 419. The maximum Gasteiger partial charge on any atom is 0.347 e. The third kappa shape index (κ3) is 2.95. The number of likely N-dealkylation sites (N-methyl/N-ethyl adjacent to an activating group) is 1. The van der Waals surface area contributed by atoms with Crippen LogP contribution < -0.4 is 5.32 Å². The van der Waals surface area contributed by atoms with Gasteiger partial charge in [-0.05, 0) is 33.4 Å². The van der Waals surface area contributed by atoms with E-state index in [2.05, 4.69) is 22.2 Å². The molecule has 0 saturated carbocycles. The third-order valence-electron chi connectivity index (χ3n) is 2.94. The van der Waals surface area contributed by atoms with Crippen molar-refractivity contribution in [1.82, 2.24) is 9.88 Å². The minimum atomic E-state index is -0.895. The molecule has 0 spiro atoms. The molecule has 0 aliphatic carbocycles. The lowest BCUT2D eigenvalue weighted by Gasteiger charge is -2.29. The highest BCUT2D eigenvalue weighted by Gasteiger charge is 2.20. The molecule has 2 heterocycles. The van der Waals surface area contributed by atoms with Crippen LogP contribution in [0.1, 0.15) is 28.2 Å². The molecule has 6 heteroatoms. The highest BCUT2D eigenvalue weighted by Crippen LogP contribution is 2.24. The molecule has 94 valence electrons. The van der Waals surface area contributed by atoms with E-state index in [1.165, 1.54) is 17.8 Å². The molecule has 2 N–H and O–H groups in total. The Morgan fingerprint density at radius 3 is 3.00 bits per heavy atom. The van der Waals surface area contributed by atoms with Crippen molar-refractivity contribution in [3.05, 3.63) is 10.6 Å². The summed E-state index contributed by atoms with van der Waals surface area (Å²) in [6.45, 7) is 3.86. The van der Waals surface area contributed by atoms with E-state index in [9.17, 15) is 4.79 Å². The summed E-state index contributed by atoms with van der Waals surface area (Å²) in [6.07, 6.45) is 2.29. The fourth-order valence-corrected chi connectivity index (χ4v) is 3.00. The van der Waals surface area contributed by atoms with Crippen LogP contribution in [-0.2, 0) is 0 Å². The molecule has 1 unspecified atom stereocenters. The standard InChI is InChI=1S/C11H17N3O2S/c1-7-9(10(15)16)17-11(12-7)13-8-4-3-5-14(2)6-8/h8H,3-6H2,1-2H3,(H,12,13)(H,15,16). The van der Waals surface area contributed by atoms with Crippen LogP contribution in [0.5, 0.6) is 0 Å². The van der Waals surface area contributed by atoms with Crippen LogP contribution >= 0.6 is 11.3 Å². The first-order valence-electron chi connectivity index (χ1n) is 5.72. The topological polar surface area (TPSA) is 65.5 Å². The molecule has 0 radical (unpaired) electrons. The van der Waals surface area contributed by atoms with Gasteiger partial charge in [0.25, 0.3) is 0 Å². The second-order valence-electron chi connectivity index (χ2n) is 4.48. The smallest absolute Gasteiger partial charge is 0.347 e. The Hall–Kier alpha value is -1.14. The molecule has 1 aliphatic rings. The molecule has 0 aromatic carbocycles. The van der Waals surface area contributed by atoms with E-state index >= 15 is 0 Å². The van der Waals surface area contributed by atoms with Gasteiger partial charge in [-0.25, -0.2) is 9.78 Å². The highest BCUT2D eigenvalue weighted by molar-refractivity contribution is 7.17. The number of hydrogen-bond donors (Lipinski definition) is 2. The second kappa shape index (κ2) is 5.01. The number of aryl methyl sites for hydroxylation is 1. The van der Waals surface area contributed by atoms with Gasteiger partial charge in [-0.3, -0.25) is 0 Å². The van der Waals surface area contributed by atoms with Crippen molar-refractivity contribution in [3.8, 4) is 0 Å².